The van der Waals surface area contributed by atoms with Crippen molar-refractivity contribution in [1.82, 2.24) is 5.32 Å². The highest BCUT2D eigenvalue weighted by atomic mass is 127. The highest BCUT2D eigenvalue weighted by Gasteiger charge is 2.32. The van der Waals surface area contributed by atoms with Crippen LogP contribution in [0, 0.1) is 5.41 Å². The number of hydrogen-bond acceptors (Lipinski definition) is 1. The van der Waals surface area contributed by atoms with Crippen molar-refractivity contribution in [3.63, 3.8) is 0 Å². The maximum Gasteiger partial charge on any atom is 0.188 e. The number of guanidine groups is 1. The Balaban J connectivity index is 0.00000180. The summed E-state index contributed by atoms with van der Waals surface area (Å²) in [6.45, 7) is 6.11. The third kappa shape index (κ3) is 4.37. The van der Waals surface area contributed by atoms with Gasteiger partial charge in [-0.05, 0) is 35.8 Å². The van der Waals surface area contributed by atoms with Gasteiger partial charge in [0, 0.05) is 13.1 Å². The number of aliphatic imine (C=N–C) groups is 1. The SMILES string of the molecule is CCCNC(N)=NCC1(C)Cc2ccccc2C1.I. The van der Waals surface area contributed by atoms with Crippen molar-refractivity contribution >= 4 is 29.9 Å². The molecule has 0 bridgehead atoms. The van der Waals surface area contributed by atoms with Gasteiger partial charge >= 0.3 is 0 Å². The molecule has 0 saturated carbocycles. The van der Waals surface area contributed by atoms with Crippen molar-refractivity contribution in [3.05, 3.63) is 35.4 Å². The zero-order valence-corrected chi connectivity index (χ0v) is 14.1. The van der Waals surface area contributed by atoms with Crippen LogP contribution in [-0.2, 0) is 12.8 Å². The molecule has 0 unspecified atom stereocenters. The van der Waals surface area contributed by atoms with E-state index in [-0.39, 0.29) is 29.4 Å². The molecule has 3 N–H and O–H groups in total. The normalized spacial score (nSPS) is 16.6. The van der Waals surface area contributed by atoms with Crippen molar-refractivity contribution in [2.75, 3.05) is 13.1 Å². The van der Waals surface area contributed by atoms with Gasteiger partial charge in [-0.3, -0.25) is 4.99 Å². The van der Waals surface area contributed by atoms with Crippen LogP contribution in [0.4, 0.5) is 0 Å². The number of nitrogens with zero attached hydrogens (tertiary/aromatic N) is 1. The summed E-state index contributed by atoms with van der Waals surface area (Å²) in [5.74, 6) is 0.578. The van der Waals surface area contributed by atoms with E-state index in [4.69, 9.17) is 5.73 Å². The molecule has 1 aromatic carbocycles. The number of fused-ring (bicyclic) bond motifs is 1. The van der Waals surface area contributed by atoms with Crippen LogP contribution < -0.4 is 11.1 Å². The van der Waals surface area contributed by atoms with Crippen LogP contribution in [0.15, 0.2) is 29.3 Å². The molecule has 3 nitrogen and oxygen atoms in total. The van der Waals surface area contributed by atoms with Gasteiger partial charge in [-0.25, -0.2) is 0 Å². The number of nitrogens with one attached hydrogen (secondary N) is 1. The van der Waals surface area contributed by atoms with Gasteiger partial charge in [0.05, 0.1) is 0 Å². The van der Waals surface area contributed by atoms with Crippen molar-refractivity contribution in [3.8, 4) is 0 Å². The molecule has 0 spiro atoms. The summed E-state index contributed by atoms with van der Waals surface area (Å²) in [5.41, 5.74) is 9.00. The van der Waals surface area contributed by atoms with Crippen molar-refractivity contribution in [2.24, 2.45) is 16.1 Å². The first-order chi connectivity index (χ1) is 8.63. The van der Waals surface area contributed by atoms with Gasteiger partial charge in [0.2, 0.25) is 0 Å². The van der Waals surface area contributed by atoms with Crippen LogP contribution in [0.25, 0.3) is 0 Å². The minimum atomic E-state index is 0. The lowest BCUT2D eigenvalue weighted by Gasteiger charge is -2.21. The van der Waals surface area contributed by atoms with Crippen LogP contribution in [0.3, 0.4) is 0 Å². The molecular formula is C15H24IN3. The van der Waals surface area contributed by atoms with E-state index in [9.17, 15) is 0 Å². The van der Waals surface area contributed by atoms with Gasteiger partial charge in [0.25, 0.3) is 0 Å². The smallest absolute Gasteiger partial charge is 0.188 e. The van der Waals surface area contributed by atoms with Crippen LogP contribution in [0.1, 0.15) is 31.4 Å². The predicted molar refractivity (Wildman–Crippen MR) is 92.2 cm³/mol. The molecule has 4 heteroatoms. The first kappa shape index (κ1) is 16.3. The average Bonchev–Trinajstić information content (AvgIpc) is 2.70. The third-order valence-corrected chi connectivity index (χ3v) is 3.54. The second-order valence-corrected chi connectivity index (χ2v) is 5.56. The fraction of sp³-hybridized carbons (Fsp3) is 0.533. The number of rotatable bonds is 4. The van der Waals surface area contributed by atoms with Crippen molar-refractivity contribution in [2.45, 2.75) is 33.1 Å². The number of benzene rings is 1. The molecule has 0 fully saturated rings. The molecule has 0 aliphatic heterocycles. The van der Waals surface area contributed by atoms with E-state index in [0.717, 1.165) is 32.4 Å². The highest BCUT2D eigenvalue weighted by Crippen LogP contribution is 2.36. The third-order valence-electron chi connectivity index (χ3n) is 3.54. The minimum Gasteiger partial charge on any atom is -0.370 e. The molecule has 1 aliphatic carbocycles. The molecule has 0 amide bonds. The van der Waals surface area contributed by atoms with E-state index < -0.39 is 0 Å². The van der Waals surface area contributed by atoms with E-state index in [1.165, 1.54) is 11.1 Å². The van der Waals surface area contributed by atoms with Gasteiger partial charge < -0.3 is 11.1 Å². The first-order valence-corrected chi connectivity index (χ1v) is 6.73. The topological polar surface area (TPSA) is 50.4 Å². The second-order valence-electron chi connectivity index (χ2n) is 5.56. The van der Waals surface area contributed by atoms with Gasteiger partial charge in [-0.1, -0.05) is 38.1 Å². The zero-order chi connectivity index (χ0) is 13.0. The summed E-state index contributed by atoms with van der Waals surface area (Å²) in [5, 5.41) is 3.12. The van der Waals surface area contributed by atoms with E-state index in [1.54, 1.807) is 0 Å². The number of nitrogens with two attached hydrogens (primary N) is 1. The summed E-state index contributed by atoms with van der Waals surface area (Å²) in [4.78, 5) is 4.48. The lowest BCUT2D eigenvalue weighted by atomic mass is 9.87. The molecule has 2 rings (SSSR count). The molecule has 0 atom stereocenters. The lowest BCUT2D eigenvalue weighted by Crippen LogP contribution is -2.34. The maximum absolute atomic E-state index is 5.84. The molecule has 0 saturated heterocycles. The van der Waals surface area contributed by atoms with E-state index in [2.05, 4.69) is 48.4 Å². The summed E-state index contributed by atoms with van der Waals surface area (Å²) in [7, 11) is 0. The largest absolute Gasteiger partial charge is 0.370 e. The Kier molecular flexibility index (Phi) is 6.10. The summed E-state index contributed by atoms with van der Waals surface area (Å²) in [6, 6.07) is 8.68. The fourth-order valence-electron chi connectivity index (χ4n) is 2.58. The van der Waals surface area contributed by atoms with Gasteiger partial charge in [0.1, 0.15) is 0 Å². The Morgan fingerprint density at radius 3 is 2.42 bits per heavy atom. The number of halogens is 1. The van der Waals surface area contributed by atoms with Gasteiger partial charge in [-0.15, -0.1) is 24.0 Å². The molecule has 1 aliphatic rings. The van der Waals surface area contributed by atoms with Gasteiger partial charge in [-0.2, -0.15) is 0 Å². The molecule has 0 heterocycles. The van der Waals surface area contributed by atoms with E-state index in [0.29, 0.717) is 5.96 Å². The standard InChI is InChI=1S/C15H23N3.HI/c1-3-8-17-14(16)18-11-15(2)9-12-6-4-5-7-13(12)10-15;/h4-7H,3,8-11H2,1-2H3,(H3,16,17,18);1H. The first-order valence-electron chi connectivity index (χ1n) is 6.73. The minimum absolute atomic E-state index is 0. The summed E-state index contributed by atoms with van der Waals surface area (Å²) >= 11 is 0. The van der Waals surface area contributed by atoms with Crippen LogP contribution >= 0.6 is 24.0 Å². The van der Waals surface area contributed by atoms with Crippen molar-refractivity contribution < 1.29 is 0 Å². The molecule has 0 radical (unpaired) electrons. The highest BCUT2D eigenvalue weighted by molar-refractivity contribution is 14.0. The van der Waals surface area contributed by atoms with Crippen molar-refractivity contribution in [1.29, 1.82) is 0 Å². The summed E-state index contributed by atoms with van der Waals surface area (Å²) < 4.78 is 0. The van der Waals surface area contributed by atoms with Crippen LogP contribution in [0.2, 0.25) is 0 Å². The Bertz CT molecular complexity index is 418. The summed E-state index contributed by atoms with van der Waals surface area (Å²) in [6.07, 6.45) is 3.28. The molecule has 19 heavy (non-hydrogen) atoms. The van der Waals surface area contributed by atoms with Gasteiger partial charge in [0.15, 0.2) is 5.96 Å². The predicted octanol–water partition coefficient (Wildman–Crippen LogP) is 2.72. The van der Waals surface area contributed by atoms with E-state index >= 15 is 0 Å². The Hall–Kier alpha value is -0.780. The second kappa shape index (κ2) is 7.12. The zero-order valence-electron chi connectivity index (χ0n) is 11.8. The lowest BCUT2D eigenvalue weighted by molar-refractivity contribution is 0.360. The Morgan fingerprint density at radius 1 is 1.32 bits per heavy atom. The quantitative estimate of drug-likeness (QED) is 0.485. The number of hydrogen-bond donors (Lipinski definition) is 2. The maximum atomic E-state index is 5.84. The van der Waals surface area contributed by atoms with E-state index in [1.807, 2.05) is 0 Å². The monoisotopic (exact) mass is 373 g/mol. The molecule has 1 aromatic rings. The Morgan fingerprint density at radius 2 is 1.89 bits per heavy atom. The average molecular weight is 373 g/mol. The van der Waals surface area contributed by atoms with Crippen LogP contribution in [-0.4, -0.2) is 19.0 Å². The molecular weight excluding hydrogens is 349 g/mol. The molecule has 0 aromatic heterocycles. The Labute approximate surface area is 133 Å². The van der Waals surface area contributed by atoms with Crippen LogP contribution in [0.5, 0.6) is 0 Å². The molecule has 106 valence electrons. The fourth-order valence-corrected chi connectivity index (χ4v) is 2.58.